The third-order valence-electron chi connectivity index (χ3n) is 1.79. The quantitative estimate of drug-likeness (QED) is 0.628. The average Bonchev–Trinajstić information content (AvgIpc) is 2.03. The summed E-state index contributed by atoms with van der Waals surface area (Å²) in [6, 6.07) is 4.10. The van der Waals surface area contributed by atoms with E-state index >= 15 is 0 Å². The van der Waals surface area contributed by atoms with E-state index in [0.717, 1.165) is 21.8 Å². The number of rotatable bonds is 1. The molecule has 13 heavy (non-hydrogen) atoms. The fourth-order valence-electron chi connectivity index (χ4n) is 1.18. The van der Waals surface area contributed by atoms with Gasteiger partial charge >= 0.3 is 0 Å². The number of hydrogen-bond donors (Lipinski definition) is 0. The average molecular weight is 173 g/mol. The van der Waals surface area contributed by atoms with E-state index in [1.807, 2.05) is 32.9 Å². The van der Waals surface area contributed by atoms with Crippen LogP contribution in [0.25, 0.3) is 12.2 Å². The van der Waals surface area contributed by atoms with Crippen molar-refractivity contribution in [2.75, 3.05) is 0 Å². The number of pyridine rings is 1. The van der Waals surface area contributed by atoms with Crippen LogP contribution < -0.4 is 10.6 Å². The third-order valence-corrected chi connectivity index (χ3v) is 1.79. The summed E-state index contributed by atoms with van der Waals surface area (Å²) in [6.45, 7) is 9.83. The third kappa shape index (κ3) is 2.55. The number of aromatic nitrogens is 1. The molecule has 1 nitrogen and oxygen atoms in total. The van der Waals surface area contributed by atoms with Gasteiger partial charge in [-0.15, -0.1) is 0 Å². The summed E-state index contributed by atoms with van der Waals surface area (Å²) in [7, 11) is 0. The summed E-state index contributed by atoms with van der Waals surface area (Å²) in [6.07, 6.45) is 4.06. The van der Waals surface area contributed by atoms with Crippen LogP contribution in [0.2, 0.25) is 0 Å². The first-order valence-electron chi connectivity index (χ1n) is 4.40. The Morgan fingerprint density at radius 1 is 1.46 bits per heavy atom. The lowest BCUT2D eigenvalue weighted by atomic mass is 10.2. The highest BCUT2D eigenvalue weighted by atomic mass is 14.7. The van der Waals surface area contributed by atoms with Crippen LogP contribution in [0.5, 0.6) is 0 Å². The van der Waals surface area contributed by atoms with E-state index in [1.54, 1.807) is 0 Å². The summed E-state index contributed by atoms with van der Waals surface area (Å²) in [4.78, 5) is 4.44. The van der Waals surface area contributed by atoms with Crippen molar-refractivity contribution < 1.29 is 0 Å². The largest absolute Gasteiger partial charge is 0.253 e. The Balaban J connectivity index is 3.51. The lowest BCUT2D eigenvalue weighted by Gasteiger charge is -1.93. The van der Waals surface area contributed by atoms with Gasteiger partial charge in [0.2, 0.25) is 0 Å². The fourth-order valence-corrected chi connectivity index (χ4v) is 1.18. The zero-order chi connectivity index (χ0) is 9.84. The van der Waals surface area contributed by atoms with Crippen molar-refractivity contribution in [2.24, 2.45) is 0 Å². The Kier molecular flexibility index (Phi) is 3.02. The molecular weight excluding hydrogens is 158 g/mol. The van der Waals surface area contributed by atoms with Crippen molar-refractivity contribution in [3.63, 3.8) is 0 Å². The Hall–Kier alpha value is -1.37. The van der Waals surface area contributed by atoms with Crippen LogP contribution >= 0.6 is 0 Å². The van der Waals surface area contributed by atoms with Gasteiger partial charge in [0.25, 0.3) is 0 Å². The summed E-state index contributed by atoms with van der Waals surface area (Å²) in [5.41, 5.74) is 2.07. The van der Waals surface area contributed by atoms with E-state index in [4.69, 9.17) is 0 Å². The first-order chi connectivity index (χ1) is 6.13. The maximum absolute atomic E-state index is 4.44. The lowest BCUT2D eigenvalue weighted by molar-refractivity contribution is 1.13. The molecule has 0 saturated heterocycles. The fraction of sp³-hybridized carbons (Fsp3) is 0.250. The van der Waals surface area contributed by atoms with Crippen LogP contribution in [0, 0.1) is 6.92 Å². The van der Waals surface area contributed by atoms with Gasteiger partial charge in [0, 0.05) is 5.69 Å². The molecule has 0 N–H and O–H groups in total. The maximum Gasteiger partial charge on any atom is 0.0704 e. The Bertz CT molecular complexity index is 427. The van der Waals surface area contributed by atoms with E-state index in [9.17, 15) is 0 Å². The maximum atomic E-state index is 4.44. The predicted molar refractivity (Wildman–Crippen MR) is 57.6 cm³/mol. The molecule has 0 aromatic carbocycles. The van der Waals surface area contributed by atoms with Gasteiger partial charge in [-0.05, 0) is 38.1 Å². The smallest absolute Gasteiger partial charge is 0.0704 e. The Morgan fingerprint density at radius 2 is 2.15 bits per heavy atom. The number of nitrogens with zero attached hydrogens (tertiary/aromatic N) is 1. The van der Waals surface area contributed by atoms with Crippen molar-refractivity contribution in [3.8, 4) is 0 Å². The van der Waals surface area contributed by atoms with Gasteiger partial charge in [0.15, 0.2) is 0 Å². The molecule has 0 atom stereocenters. The molecule has 0 bridgehead atoms. The second-order valence-corrected chi connectivity index (χ2v) is 3.21. The number of allylic oxidation sites excluding steroid dienone is 1. The van der Waals surface area contributed by atoms with E-state index < -0.39 is 0 Å². The first kappa shape index (κ1) is 9.72. The standard InChI is InChI=1S/C12H15N/c1-5-11-7-6-10(4)13-12(11)8-9(2)3/h5-8H,2H2,1,3-4H3/b11-5-,12-8+. The topological polar surface area (TPSA) is 12.9 Å². The Labute approximate surface area is 79.1 Å². The van der Waals surface area contributed by atoms with Crippen molar-refractivity contribution >= 4 is 12.2 Å². The van der Waals surface area contributed by atoms with Crippen molar-refractivity contribution in [1.82, 2.24) is 4.98 Å². The van der Waals surface area contributed by atoms with Gasteiger partial charge in [0.05, 0.1) is 5.35 Å². The van der Waals surface area contributed by atoms with Crippen molar-refractivity contribution in [1.29, 1.82) is 0 Å². The minimum absolute atomic E-state index is 1.01. The molecule has 0 aliphatic rings. The molecule has 0 aliphatic heterocycles. The molecular formula is C12H15N. The summed E-state index contributed by atoms with van der Waals surface area (Å²) >= 11 is 0. The van der Waals surface area contributed by atoms with E-state index in [1.165, 1.54) is 0 Å². The predicted octanol–water partition coefficient (Wildman–Crippen LogP) is 1.55. The highest BCUT2D eigenvalue weighted by Crippen LogP contribution is 1.86. The molecule has 1 heteroatoms. The molecule has 1 rings (SSSR count). The molecule has 0 spiro atoms. The van der Waals surface area contributed by atoms with Crippen LogP contribution in [0.3, 0.4) is 0 Å². The van der Waals surface area contributed by atoms with Crippen LogP contribution in [-0.4, -0.2) is 4.98 Å². The van der Waals surface area contributed by atoms with Crippen LogP contribution in [0.15, 0.2) is 24.3 Å². The first-order valence-corrected chi connectivity index (χ1v) is 4.40. The second kappa shape index (κ2) is 4.04. The van der Waals surface area contributed by atoms with Crippen LogP contribution in [0.4, 0.5) is 0 Å². The zero-order valence-corrected chi connectivity index (χ0v) is 8.46. The normalized spacial score (nSPS) is 13.5. The van der Waals surface area contributed by atoms with Gasteiger partial charge in [-0.3, -0.25) is 4.98 Å². The summed E-state index contributed by atoms with van der Waals surface area (Å²) in [5, 5.41) is 2.17. The molecule has 1 aromatic heterocycles. The van der Waals surface area contributed by atoms with Gasteiger partial charge in [0.1, 0.15) is 0 Å². The molecule has 0 fully saturated rings. The minimum atomic E-state index is 1.01. The molecule has 1 aromatic rings. The summed E-state index contributed by atoms with van der Waals surface area (Å²) < 4.78 is 0. The molecule has 0 aliphatic carbocycles. The van der Waals surface area contributed by atoms with E-state index in [2.05, 4.69) is 23.7 Å². The van der Waals surface area contributed by atoms with E-state index in [-0.39, 0.29) is 0 Å². The number of aryl methyl sites for hydroxylation is 1. The van der Waals surface area contributed by atoms with Crippen molar-refractivity contribution in [3.05, 3.63) is 40.5 Å². The Morgan fingerprint density at radius 3 is 2.69 bits per heavy atom. The van der Waals surface area contributed by atoms with Crippen LogP contribution in [0.1, 0.15) is 19.5 Å². The highest BCUT2D eigenvalue weighted by Gasteiger charge is 1.87. The van der Waals surface area contributed by atoms with Crippen molar-refractivity contribution in [2.45, 2.75) is 20.8 Å². The van der Waals surface area contributed by atoms with Crippen LogP contribution in [-0.2, 0) is 0 Å². The lowest BCUT2D eigenvalue weighted by Crippen LogP contribution is -2.28. The molecule has 1 heterocycles. The van der Waals surface area contributed by atoms with E-state index in [0.29, 0.717) is 0 Å². The summed E-state index contributed by atoms with van der Waals surface area (Å²) in [5.74, 6) is 0. The monoisotopic (exact) mass is 173 g/mol. The molecule has 68 valence electrons. The minimum Gasteiger partial charge on any atom is -0.253 e. The number of hydrogen-bond acceptors (Lipinski definition) is 1. The highest BCUT2D eigenvalue weighted by molar-refractivity contribution is 5.42. The van der Waals surface area contributed by atoms with Gasteiger partial charge in [-0.2, -0.15) is 0 Å². The van der Waals surface area contributed by atoms with Gasteiger partial charge in [-0.25, -0.2) is 0 Å². The zero-order valence-electron chi connectivity index (χ0n) is 8.46. The molecule has 0 radical (unpaired) electrons. The molecule has 0 unspecified atom stereocenters. The van der Waals surface area contributed by atoms with Gasteiger partial charge in [-0.1, -0.05) is 24.3 Å². The SMILES string of the molecule is C=C(C)/C=c1/nc(C)cc/c1=C/C. The molecule has 0 amide bonds. The molecule has 0 saturated carbocycles. The second-order valence-electron chi connectivity index (χ2n) is 3.21. The van der Waals surface area contributed by atoms with Gasteiger partial charge < -0.3 is 0 Å².